The zero-order valence-electron chi connectivity index (χ0n) is 16.9. The first-order valence-corrected chi connectivity index (χ1v) is 9.70. The normalized spacial score (nSPS) is 17.7. The molecule has 0 saturated carbocycles. The molecule has 1 heterocycles. The molecule has 0 aliphatic carbocycles. The first-order valence-electron chi connectivity index (χ1n) is 9.70. The molecule has 1 fully saturated rings. The van der Waals surface area contributed by atoms with E-state index in [9.17, 15) is 9.59 Å². The van der Waals surface area contributed by atoms with Gasteiger partial charge in [0.25, 0.3) is 0 Å². The Balaban J connectivity index is 1.62. The van der Waals surface area contributed by atoms with Gasteiger partial charge in [0.2, 0.25) is 11.8 Å². The van der Waals surface area contributed by atoms with Gasteiger partial charge in [0.05, 0.1) is 19.3 Å². The molecule has 7 nitrogen and oxygen atoms in total. The number of hydrogen-bond donors (Lipinski definition) is 2. The predicted molar refractivity (Wildman–Crippen MR) is 113 cm³/mol. The van der Waals surface area contributed by atoms with Crippen LogP contribution in [-0.2, 0) is 16.1 Å². The van der Waals surface area contributed by atoms with E-state index in [1.807, 2.05) is 48.2 Å². The monoisotopic (exact) mass is 396 g/mol. The Hall–Kier alpha value is -2.90. The molecule has 1 aliphatic heterocycles. The summed E-state index contributed by atoms with van der Waals surface area (Å²) in [4.78, 5) is 28.7. The van der Waals surface area contributed by atoms with Crippen molar-refractivity contribution in [2.24, 2.45) is 5.73 Å². The summed E-state index contributed by atoms with van der Waals surface area (Å²) in [7, 11) is 1.56. The van der Waals surface area contributed by atoms with Crippen LogP contribution >= 0.6 is 0 Å². The summed E-state index contributed by atoms with van der Waals surface area (Å²) in [5.74, 6) is -0.0107. The molecule has 1 aliphatic rings. The number of piperazine rings is 1. The van der Waals surface area contributed by atoms with Gasteiger partial charge in [-0.3, -0.25) is 19.4 Å². The number of methoxy groups -OCH3 is 1. The fourth-order valence-electron chi connectivity index (χ4n) is 3.62. The van der Waals surface area contributed by atoms with Crippen molar-refractivity contribution in [1.82, 2.24) is 9.80 Å². The molecule has 7 heteroatoms. The van der Waals surface area contributed by atoms with E-state index in [1.165, 1.54) is 5.56 Å². The molecule has 154 valence electrons. The second-order valence-electron chi connectivity index (χ2n) is 7.36. The molecule has 29 heavy (non-hydrogen) atoms. The lowest BCUT2D eigenvalue weighted by Gasteiger charge is -2.39. The molecule has 2 amide bonds. The molecule has 2 aromatic rings. The predicted octanol–water partition coefficient (Wildman–Crippen LogP) is 1.61. The highest BCUT2D eigenvalue weighted by Gasteiger charge is 2.32. The van der Waals surface area contributed by atoms with E-state index in [0.29, 0.717) is 24.5 Å². The van der Waals surface area contributed by atoms with Crippen molar-refractivity contribution in [3.63, 3.8) is 0 Å². The lowest BCUT2D eigenvalue weighted by molar-refractivity contribution is -0.127. The third-order valence-corrected chi connectivity index (χ3v) is 5.13. The number of aryl methyl sites for hydroxylation is 1. The van der Waals surface area contributed by atoms with E-state index >= 15 is 0 Å². The van der Waals surface area contributed by atoms with Crippen LogP contribution in [0.2, 0.25) is 0 Å². The molecule has 3 N–H and O–H groups in total. The quantitative estimate of drug-likeness (QED) is 0.743. The maximum atomic E-state index is 12.6. The van der Waals surface area contributed by atoms with Crippen molar-refractivity contribution < 1.29 is 14.3 Å². The second-order valence-corrected chi connectivity index (χ2v) is 7.36. The van der Waals surface area contributed by atoms with Crippen LogP contribution < -0.4 is 15.8 Å². The first-order chi connectivity index (χ1) is 14.0. The van der Waals surface area contributed by atoms with Gasteiger partial charge in [0.1, 0.15) is 11.8 Å². The van der Waals surface area contributed by atoms with Crippen molar-refractivity contribution in [3.05, 3.63) is 59.7 Å². The molecule has 1 saturated heterocycles. The van der Waals surface area contributed by atoms with Crippen molar-refractivity contribution in [2.75, 3.05) is 38.6 Å². The molecule has 0 bridgehead atoms. The lowest BCUT2D eigenvalue weighted by atomic mass is 10.1. The van der Waals surface area contributed by atoms with Crippen molar-refractivity contribution >= 4 is 17.5 Å². The highest BCUT2D eigenvalue weighted by atomic mass is 16.5. The molecule has 1 unspecified atom stereocenters. The lowest BCUT2D eigenvalue weighted by Crippen LogP contribution is -2.59. The summed E-state index contributed by atoms with van der Waals surface area (Å²) in [5.41, 5.74) is 8.48. The first kappa shape index (κ1) is 20.8. The van der Waals surface area contributed by atoms with Gasteiger partial charge in [0, 0.05) is 26.2 Å². The molecular formula is C22H28N4O3. The Morgan fingerprint density at radius 2 is 1.93 bits per heavy atom. The van der Waals surface area contributed by atoms with Gasteiger partial charge in [-0.15, -0.1) is 0 Å². The van der Waals surface area contributed by atoms with Crippen molar-refractivity contribution in [2.45, 2.75) is 19.5 Å². The Morgan fingerprint density at radius 1 is 1.17 bits per heavy atom. The van der Waals surface area contributed by atoms with Crippen molar-refractivity contribution in [1.29, 1.82) is 0 Å². The minimum atomic E-state index is -0.502. The van der Waals surface area contributed by atoms with E-state index in [0.717, 1.165) is 18.7 Å². The van der Waals surface area contributed by atoms with Crippen LogP contribution in [-0.4, -0.2) is 60.9 Å². The van der Waals surface area contributed by atoms with Gasteiger partial charge in [-0.2, -0.15) is 0 Å². The zero-order chi connectivity index (χ0) is 20.8. The summed E-state index contributed by atoms with van der Waals surface area (Å²) in [6.45, 7) is 4.67. The number of ether oxygens (including phenoxy) is 1. The maximum absolute atomic E-state index is 12.6. The van der Waals surface area contributed by atoms with Crippen LogP contribution in [0.5, 0.6) is 5.75 Å². The molecule has 0 radical (unpaired) electrons. The van der Waals surface area contributed by atoms with E-state index < -0.39 is 11.9 Å². The van der Waals surface area contributed by atoms with E-state index in [1.54, 1.807) is 7.11 Å². The van der Waals surface area contributed by atoms with E-state index in [2.05, 4.69) is 22.3 Å². The average molecular weight is 396 g/mol. The molecule has 1 atom stereocenters. The van der Waals surface area contributed by atoms with Gasteiger partial charge in [0.15, 0.2) is 0 Å². The second kappa shape index (κ2) is 9.54. The standard InChI is InChI=1S/C22H28N4O3/c1-16-8-9-20(29-2)18(12-16)24-21(27)15-26-11-10-25(14-19(26)22(23)28)13-17-6-4-3-5-7-17/h3-9,12,19H,10-11,13-15H2,1-2H3,(H2,23,28)(H,24,27). The van der Waals surface area contributed by atoms with Crippen LogP contribution in [0, 0.1) is 6.92 Å². The number of nitrogens with zero attached hydrogens (tertiary/aromatic N) is 2. The minimum absolute atomic E-state index is 0.101. The molecule has 3 rings (SSSR count). The topological polar surface area (TPSA) is 87.9 Å². The third kappa shape index (κ3) is 5.56. The van der Waals surface area contributed by atoms with Crippen LogP contribution in [0.15, 0.2) is 48.5 Å². The number of hydrogen-bond acceptors (Lipinski definition) is 5. The van der Waals surface area contributed by atoms with Gasteiger partial charge in [-0.05, 0) is 30.2 Å². The van der Waals surface area contributed by atoms with Crippen molar-refractivity contribution in [3.8, 4) is 5.75 Å². The summed E-state index contributed by atoms with van der Waals surface area (Å²) >= 11 is 0. The zero-order valence-corrected chi connectivity index (χ0v) is 16.9. The van der Waals surface area contributed by atoms with Gasteiger partial charge in [-0.25, -0.2) is 0 Å². The number of nitrogens with one attached hydrogen (secondary N) is 1. The van der Waals surface area contributed by atoms with Crippen LogP contribution in [0.3, 0.4) is 0 Å². The minimum Gasteiger partial charge on any atom is -0.495 e. The Morgan fingerprint density at radius 3 is 2.62 bits per heavy atom. The largest absolute Gasteiger partial charge is 0.495 e. The number of primary amides is 1. The molecule has 0 spiro atoms. The number of benzene rings is 2. The number of carbonyl (C=O) groups excluding carboxylic acids is 2. The highest BCUT2D eigenvalue weighted by molar-refractivity contribution is 5.94. The number of anilines is 1. The van der Waals surface area contributed by atoms with Crippen LogP contribution in [0.4, 0.5) is 5.69 Å². The summed E-state index contributed by atoms with van der Waals surface area (Å²) in [6.07, 6.45) is 0. The molecule has 2 aromatic carbocycles. The fourth-order valence-corrected chi connectivity index (χ4v) is 3.62. The van der Waals surface area contributed by atoms with Crippen LogP contribution in [0.25, 0.3) is 0 Å². The maximum Gasteiger partial charge on any atom is 0.238 e. The average Bonchev–Trinajstić information content (AvgIpc) is 2.70. The number of rotatable bonds is 7. The van der Waals surface area contributed by atoms with Crippen LogP contribution in [0.1, 0.15) is 11.1 Å². The highest BCUT2D eigenvalue weighted by Crippen LogP contribution is 2.25. The fraction of sp³-hybridized carbons (Fsp3) is 0.364. The molecular weight excluding hydrogens is 368 g/mol. The number of nitrogens with two attached hydrogens (primary N) is 1. The Bertz CT molecular complexity index is 856. The SMILES string of the molecule is COc1ccc(C)cc1NC(=O)CN1CCN(Cc2ccccc2)CC1C(N)=O. The summed E-state index contributed by atoms with van der Waals surface area (Å²) < 4.78 is 5.31. The summed E-state index contributed by atoms with van der Waals surface area (Å²) in [6, 6.07) is 15.2. The smallest absolute Gasteiger partial charge is 0.238 e. The van der Waals surface area contributed by atoms with E-state index in [4.69, 9.17) is 10.5 Å². The number of amides is 2. The Labute approximate surface area is 171 Å². The number of carbonyl (C=O) groups is 2. The van der Waals surface area contributed by atoms with E-state index in [-0.39, 0.29) is 12.5 Å². The summed E-state index contributed by atoms with van der Waals surface area (Å²) in [5, 5.41) is 2.89. The Kier molecular flexibility index (Phi) is 6.85. The van der Waals surface area contributed by atoms with Gasteiger partial charge < -0.3 is 15.8 Å². The molecule has 0 aromatic heterocycles. The van der Waals surface area contributed by atoms with Gasteiger partial charge >= 0.3 is 0 Å². The van der Waals surface area contributed by atoms with Gasteiger partial charge in [-0.1, -0.05) is 36.4 Å². The third-order valence-electron chi connectivity index (χ3n) is 5.13.